The molecule has 0 radical (unpaired) electrons. The molecule has 8 nitrogen and oxygen atoms in total. The molecule has 1 fully saturated rings. The zero-order valence-electron chi connectivity index (χ0n) is 21.1. The van der Waals surface area contributed by atoms with Crippen molar-refractivity contribution in [1.29, 1.82) is 0 Å². The number of hydrogen-bond acceptors (Lipinski definition) is 7. The van der Waals surface area contributed by atoms with Crippen molar-refractivity contribution in [1.82, 2.24) is 19.4 Å². The first kappa shape index (κ1) is 26.7. The van der Waals surface area contributed by atoms with Crippen molar-refractivity contribution in [3.8, 4) is 0 Å². The Bertz CT molecular complexity index is 1120. The predicted octanol–water partition coefficient (Wildman–Crippen LogP) is 4.63. The number of aliphatic hydroxyl groups excluding tert-OH is 1. The second-order valence-corrected chi connectivity index (χ2v) is 9.28. The van der Waals surface area contributed by atoms with Gasteiger partial charge in [-0.2, -0.15) is 10.1 Å². The average molecular weight is 498 g/mol. The van der Waals surface area contributed by atoms with Gasteiger partial charge in [0.25, 0.3) is 0 Å². The normalized spacial score (nSPS) is 16.7. The van der Waals surface area contributed by atoms with Crippen LogP contribution in [0, 0.1) is 6.92 Å². The van der Waals surface area contributed by atoms with Crippen molar-refractivity contribution in [3.05, 3.63) is 65.2 Å². The van der Waals surface area contributed by atoms with E-state index in [4.69, 9.17) is 11.6 Å². The molecule has 1 saturated heterocycles. The van der Waals surface area contributed by atoms with Crippen molar-refractivity contribution in [2.24, 2.45) is 12.1 Å². The third-order valence-electron chi connectivity index (χ3n) is 6.38. The molecule has 0 bridgehead atoms. The summed E-state index contributed by atoms with van der Waals surface area (Å²) in [4.78, 5) is 11.2. The Balaban J connectivity index is 1.61. The number of rotatable bonds is 11. The van der Waals surface area contributed by atoms with E-state index in [1.807, 2.05) is 50.7 Å². The van der Waals surface area contributed by atoms with Crippen molar-refractivity contribution in [2.45, 2.75) is 39.2 Å². The highest BCUT2D eigenvalue weighted by molar-refractivity contribution is 6.31. The van der Waals surface area contributed by atoms with Crippen LogP contribution in [0.4, 0.5) is 11.8 Å². The molecule has 0 aliphatic carbocycles. The van der Waals surface area contributed by atoms with Crippen LogP contribution in [-0.2, 0) is 7.05 Å². The van der Waals surface area contributed by atoms with Gasteiger partial charge < -0.3 is 15.0 Å². The maximum Gasteiger partial charge on any atom is 0.229 e. The topological polar surface area (TPSA) is 81.8 Å². The number of halogens is 1. The summed E-state index contributed by atoms with van der Waals surface area (Å²) in [6.45, 7) is 14.2. The van der Waals surface area contributed by atoms with Crippen LogP contribution >= 0.6 is 11.6 Å². The molecule has 0 spiro atoms. The molecule has 1 aliphatic heterocycles. The minimum atomic E-state index is 0.218. The molecule has 2 aromatic rings. The van der Waals surface area contributed by atoms with Gasteiger partial charge in [0.05, 0.1) is 10.7 Å². The molecule has 0 aromatic carbocycles. The molecule has 9 heteroatoms. The van der Waals surface area contributed by atoms with E-state index in [-0.39, 0.29) is 6.61 Å². The molecule has 0 amide bonds. The predicted molar refractivity (Wildman–Crippen MR) is 146 cm³/mol. The Morgan fingerprint density at radius 3 is 2.89 bits per heavy atom. The Morgan fingerprint density at radius 2 is 2.20 bits per heavy atom. The summed E-state index contributed by atoms with van der Waals surface area (Å²) >= 11 is 6.20. The highest BCUT2D eigenvalue weighted by Gasteiger charge is 2.24. The lowest BCUT2D eigenvalue weighted by molar-refractivity contribution is 0.206. The zero-order chi connectivity index (χ0) is 25.5. The SMILES string of the molecule is C=C(/C=C\c1cc(Cl)c(C)n1C)Nc1nccc(N(C)/N=C(/C)C(=C)CN2CCCC2CCO)n1. The van der Waals surface area contributed by atoms with Crippen LogP contribution in [0.2, 0.25) is 5.02 Å². The van der Waals surface area contributed by atoms with Gasteiger partial charge in [-0.3, -0.25) is 9.91 Å². The summed E-state index contributed by atoms with van der Waals surface area (Å²) in [5, 5.41) is 19.6. The smallest absolute Gasteiger partial charge is 0.229 e. The Kier molecular flexibility index (Phi) is 9.26. The molecule has 2 N–H and O–H groups in total. The van der Waals surface area contributed by atoms with E-state index >= 15 is 0 Å². The van der Waals surface area contributed by atoms with E-state index in [0.29, 0.717) is 23.5 Å². The van der Waals surface area contributed by atoms with E-state index in [1.165, 1.54) is 0 Å². The number of nitrogens with one attached hydrogen (secondary N) is 1. The Morgan fingerprint density at radius 1 is 1.43 bits per heavy atom. The fraction of sp³-hybridized carbons (Fsp3) is 0.423. The fourth-order valence-corrected chi connectivity index (χ4v) is 4.33. The van der Waals surface area contributed by atoms with Gasteiger partial charge in [0.1, 0.15) is 0 Å². The third-order valence-corrected chi connectivity index (χ3v) is 6.76. The number of hydrazone groups is 1. The summed E-state index contributed by atoms with van der Waals surface area (Å²) in [6, 6.07) is 4.13. The summed E-state index contributed by atoms with van der Waals surface area (Å²) in [7, 11) is 3.82. The first-order chi connectivity index (χ1) is 16.7. The highest BCUT2D eigenvalue weighted by atomic mass is 35.5. The van der Waals surface area contributed by atoms with E-state index < -0.39 is 0 Å². The molecule has 1 atom stereocenters. The molecule has 0 saturated carbocycles. The minimum absolute atomic E-state index is 0.218. The maximum atomic E-state index is 9.30. The molecule has 1 aliphatic rings. The average Bonchev–Trinajstić information content (AvgIpc) is 3.36. The van der Waals surface area contributed by atoms with E-state index in [9.17, 15) is 5.11 Å². The first-order valence-corrected chi connectivity index (χ1v) is 12.2. The number of nitrogens with zero attached hydrogens (tertiary/aromatic N) is 6. The summed E-state index contributed by atoms with van der Waals surface area (Å²) in [5.41, 5.74) is 4.44. The highest BCUT2D eigenvalue weighted by Crippen LogP contribution is 2.22. The van der Waals surface area contributed by atoms with Gasteiger partial charge in [-0.05, 0) is 63.4 Å². The maximum absolute atomic E-state index is 9.30. The number of aliphatic hydroxyl groups is 1. The number of allylic oxidation sites excluding steroid dienone is 1. The lowest BCUT2D eigenvalue weighted by Crippen LogP contribution is -2.33. The first-order valence-electron chi connectivity index (χ1n) is 11.8. The monoisotopic (exact) mass is 497 g/mol. The van der Waals surface area contributed by atoms with Gasteiger partial charge >= 0.3 is 0 Å². The van der Waals surface area contributed by atoms with Gasteiger partial charge in [-0.15, -0.1) is 0 Å². The van der Waals surface area contributed by atoms with Crippen LogP contribution in [0.25, 0.3) is 6.08 Å². The Labute approximate surface area is 213 Å². The van der Waals surface area contributed by atoms with Crippen LogP contribution in [0.15, 0.2) is 53.9 Å². The fourth-order valence-electron chi connectivity index (χ4n) is 4.09. The summed E-state index contributed by atoms with van der Waals surface area (Å²) < 4.78 is 2.02. The summed E-state index contributed by atoms with van der Waals surface area (Å²) in [5.74, 6) is 1.08. The zero-order valence-corrected chi connectivity index (χ0v) is 21.9. The van der Waals surface area contributed by atoms with Crippen molar-refractivity contribution in [2.75, 3.05) is 37.1 Å². The molecule has 3 heterocycles. The van der Waals surface area contributed by atoms with Gasteiger partial charge in [0.15, 0.2) is 5.82 Å². The van der Waals surface area contributed by atoms with E-state index in [2.05, 4.69) is 38.4 Å². The molecular weight excluding hydrogens is 462 g/mol. The van der Waals surface area contributed by atoms with Crippen LogP contribution in [0.5, 0.6) is 0 Å². The second kappa shape index (κ2) is 12.2. The lowest BCUT2D eigenvalue weighted by atomic mass is 10.1. The number of anilines is 2. The number of hydrogen-bond donors (Lipinski definition) is 2. The van der Waals surface area contributed by atoms with Crippen molar-refractivity contribution >= 4 is 35.2 Å². The molecule has 2 aromatic heterocycles. The van der Waals surface area contributed by atoms with Crippen LogP contribution in [-0.4, -0.2) is 63.0 Å². The van der Waals surface area contributed by atoms with E-state index in [0.717, 1.165) is 60.0 Å². The van der Waals surface area contributed by atoms with E-state index in [1.54, 1.807) is 17.3 Å². The van der Waals surface area contributed by atoms with Gasteiger partial charge in [0.2, 0.25) is 5.95 Å². The quantitative estimate of drug-likeness (QED) is 0.267. The minimum Gasteiger partial charge on any atom is -0.396 e. The van der Waals surface area contributed by atoms with Crippen LogP contribution in [0.1, 0.15) is 37.6 Å². The van der Waals surface area contributed by atoms with Crippen molar-refractivity contribution < 1.29 is 5.11 Å². The largest absolute Gasteiger partial charge is 0.396 e. The second-order valence-electron chi connectivity index (χ2n) is 8.87. The van der Waals surface area contributed by atoms with Crippen LogP contribution < -0.4 is 10.3 Å². The van der Waals surface area contributed by atoms with Gasteiger partial charge in [0, 0.05) is 62.6 Å². The molecule has 188 valence electrons. The third kappa shape index (κ3) is 7.04. The molecule has 1 unspecified atom stereocenters. The molecule has 35 heavy (non-hydrogen) atoms. The van der Waals surface area contributed by atoms with Crippen LogP contribution in [0.3, 0.4) is 0 Å². The Hall–Kier alpha value is -2.94. The number of likely N-dealkylation sites (tertiary alicyclic amines) is 1. The molecular formula is C26H36ClN7O. The lowest BCUT2D eigenvalue weighted by Gasteiger charge is -2.25. The molecule has 3 rings (SSSR count). The van der Waals surface area contributed by atoms with Gasteiger partial charge in [-0.25, -0.2) is 4.98 Å². The number of aromatic nitrogens is 3. The van der Waals surface area contributed by atoms with Gasteiger partial charge in [-0.1, -0.05) is 24.8 Å². The summed E-state index contributed by atoms with van der Waals surface area (Å²) in [6.07, 6.45) is 8.57. The standard InChI is InChI=1S/C26H36ClN7O/c1-18(17-34-14-7-8-22(34)12-15-35)20(3)31-33(6)25-11-13-28-26(30-25)29-19(2)9-10-23-16-24(27)21(4)32(23)5/h9-11,13,16,22,35H,1-2,7-8,12,14-15,17H2,3-6H3,(H,28,29,30)/b10-9-,31-20-. The van der Waals surface area contributed by atoms with Crippen molar-refractivity contribution in [3.63, 3.8) is 0 Å².